The molecule has 36 heavy (non-hydrogen) atoms. The molecule has 0 unspecified atom stereocenters. The molecule has 192 valence electrons. The number of hydrogen-bond donors (Lipinski definition) is 1. The van der Waals surface area contributed by atoms with Crippen LogP contribution in [0.5, 0.6) is 0 Å². The van der Waals surface area contributed by atoms with Crippen molar-refractivity contribution in [2.24, 2.45) is 5.92 Å². The molecule has 3 aliphatic rings. The maximum atomic E-state index is 13.5. The van der Waals surface area contributed by atoms with Crippen molar-refractivity contribution in [3.8, 4) is 0 Å². The number of halogens is 1. The maximum absolute atomic E-state index is 13.5. The van der Waals surface area contributed by atoms with Gasteiger partial charge in [0.05, 0.1) is 5.56 Å². The van der Waals surface area contributed by atoms with Crippen LogP contribution >= 0.6 is 11.6 Å². The molecule has 2 aliphatic heterocycles. The number of amides is 2. The minimum Gasteiger partial charge on any atom is -0.371 e. The first-order valence-corrected chi connectivity index (χ1v) is 13.9. The van der Waals surface area contributed by atoms with Gasteiger partial charge in [-0.25, -0.2) is 0 Å². The van der Waals surface area contributed by atoms with Gasteiger partial charge in [-0.15, -0.1) is 0 Å². The van der Waals surface area contributed by atoms with Crippen LogP contribution in [-0.2, 0) is 4.79 Å². The number of hydrogen-bond acceptors (Lipinski definition) is 4. The molecule has 2 aromatic rings. The zero-order valence-corrected chi connectivity index (χ0v) is 21.8. The van der Waals surface area contributed by atoms with Gasteiger partial charge in [-0.2, -0.15) is 0 Å². The highest BCUT2D eigenvalue weighted by Gasteiger charge is 2.29. The van der Waals surface area contributed by atoms with Crippen LogP contribution < -0.4 is 15.1 Å². The molecular weight excluding hydrogens is 472 g/mol. The number of rotatable bonds is 5. The van der Waals surface area contributed by atoms with Gasteiger partial charge in [0.15, 0.2) is 0 Å². The first-order chi connectivity index (χ1) is 17.6. The van der Waals surface area contributed by atoms with Crippen molar-refractivity contribution in [3.05, 3.63) is 59.1 Å². The molecule has 0 spiro atoms. The summed E-state index contributed by atoms with van der Waals surface area (Å²) in [5, 5.41) is 4.05. The molecule has 0 aromatic heterocycles. The smallest absolute Gasteiger partial charge is 0.256 e. The Kier molecular flexibility index (Phi) is 8.00. The fourth-order valence-electron chi connectivity index (χ4n) is 5.87. The number of benzene rings is 2. The van der Waals surface area contributed by atoms with Crippen LogP contribution in [0.15, 0.2) is 48.5 Å². The molecule has 1 N–H and O–H groups in total. The standard InChI is InChI=1S/C29H37ClN4O2/c30-23-10-12-25(13-11-23)32-18-20-34(21-19-32)29(36)26-8-4-5-9-27(26)33-16-14-24(15-17-33)31-28(35)22-6-2-1-3-7-22/h4-5,8-13,22,24H,1-3,6-7,14-21H2,(H,31,35). The largest absolute Gasteiger partial charge is 0.371 e. The highest BCUT2D eigenvalue weighted by molar-refractivity contribution is 6.30. The lowest BCUT2D eigenvalue weighted by atomic mass is 9.88. The number of piperazine rings is 1. The van der Waals surface area contributed by atoms with Crippen molar-refractivity contribution in [3.63, 3.8) is 0 Å². The van der Waals surface area contributed by atoms with Crippen LogP contribution in [0.4, 0.5) is 11.4 Å². The molecule has 1 aliphatic carbocycles. The lowest BCUT2D eigenvalue weighted by Gasteiger charge is -2.38. The SMILES string of the molecule is O=C(NC1CCN(c2ccccc2C(=O)N2CCN(c3ccc(Cl)cc3)CC2)CC1)C1CCCCC1. The van der Waals surface area contributed by atoms with Crippen LogP contribution in [0.1, 0.15) is 55.3 Å². The molecular formula is C29H37ClN4O2. The van der Waals surface area contributed by atoms with E-state index < -0.39 is 0 Å². The normalized spacial score (nSPS) is 19.9. The van der Waals surface area contributed by atoms with Crippen molar-refractivity contribution in [1.29, 1.82) is 0 Å². The third-order valence-electron chi connectivity index (χ3n) is 8.05. The Labute approximate surface area is 219 Å². The van der Waals surface area contributed by atoms with Gasteiger partial charge in [0.2, 0.25) is 5.91 Å². The van der Waals surface area contributed by atoms with E-state index in [2.05, 4.69) is 21.2 Å². The molecule has 2 heterocycles. The molecule has 1 saturated carbocycles. The predicted octanol–water partition coefficient (Wildman–Crippen LogP) is 4.97. The summed E-state index contributed by atoms with van der Waals surface area (Å²) in [4.78, 5) is 32.8. The molecule has 7 heteroatoms. The molecule has 6 nitrogen and oxygen atoms in total. The summed E-state index contributed by atoms with van der Waals surface area (Å²) in [5.41, 5.74) is 2.94. The highest BCUT2D eigenvalue weighted by atomic mass is 35.5. The third kappa shape index (κ3) is 5.80. The lowest BCUT2D eigenvalue weighted by Crippen LogP contribution is -2.49. The Hall–Kier alpha value is -2.73. The van der Waals surface area contributed by atoms with Crippen molar-refractivity contribution >= 4 is 34.8 Å². The van der Waals surface area contributed by atoms with E-state index in [1.165, 1.54) is 19.3 Å². The minimum atomic E-state index is 0.106. The maximum Gasteiger partial charge on any atom is 0.256 e. The Bertz CT molecular complexity index is 1040. The monoisotopic (exact) mass is 508 g/mol. The molecule has 2 amide bonds. The molecule has 2 saturated heterocycles. The fourth-order valence-corrected chi connectivity index (χ4v) is 5.99. The van der Waals surface area contributed by atoms with Crippen LogP contribution in [0, 0.1) is 5.92 Å². The van der Waals surface area contributed by atoms with Crippen LogP contribution in [0.3, 0.4) is 0 Å². The summed E-state index contributed by atoms with van der Waals surface area (Å²) in [6.07, 6.45) is 7.52. The van der Waals surface area contributed by atoms with Gasteiger partial charge in [0.1, 0.15) is 0 Å². The first-order valence-electron chi connectivity index (χ1n) is 13.5. The Morgan fingerprint density at radius 1 is 0.750 bits per heavy atom. The van der Waals surface area contributed by atoms with E-state index in [0.29, 0.717) is 13.1 Å². The van der Waals surface area contributed by atoms with Gasteiger partial charge in [0, 0.05) is 67.6 Å². The van der Waals surface area contributed by atoms with Gasteiger partial charge < -0.3 is 20.0 Å². The second-order valence-electron chi connectivity index (χ2n) is 10.4. The lowest BCUT2D eigenvalue weighted by molar-refractivity contribution is -0.126. The Balaban J connectivity index is 1.16. The Morgan fingerprint density at radius 2 is 1.42 bits per heavy atom. The molecule has 0 radical (unpaired) electrons. The van der Waals surface area contributed by atoms with Crippen LogP contribution in [-0.4, -0.2) is 62.0 Å². The number of para-hydroxylation sites is 1. The summed E-state index contributed by atoms with van der Waals surface area (Å²) in [6.45, 7) is 4.72. The van der Waals surface area contributed by atoms with E-state index in [9.17, 15) is 9.59 Å². The van der Waals surface area contributed by atoms with E-state index in [1.807, 2.05) is 47.4 Å². The molecule has 2 aromatic carbocycles. The van der Waals surface area contributed by atoms with Crippen molar-refractivity contribution in [1.82, 2.24) is 10.2 Å². The molecule has 5 rings (SSSR count). The van der Waals surface area contributed by atoms with Gasteiger partial charge >= 0.3 is 0 Å². The topological polar surface area (TPSA) is 55.9 Å². The molecule has 0 atom stereocenters. The minimum absolute atomic E-state index is 0.106. The summed E-state index contributed by atoms with van der Waals surface area (Å²) in [7, 11) is 0. The van der Waals surface area contributed by atoms with Gasteiger partial charge in [-0.1, -0.05) is 43.0 Å². The highest BCUT2D eigenvalue weighted by Crippen LogP contribution is 2.28. The number of nitrogens with one attached hydrogen (secondary N) is 1. The summed E-state index contributed by atoms with van der Waals surface area (Å²) in [6, 6.07) is 16.1. The summed E-state index contributed by atoms with van der Waals surface area (Å²) < 4.78 is 0. The van der Waals surface area contributed by atoms with Crippen molar-refractivity contribution in [2.75, 3.05) is 49.1 Å². The van der Waals surface area contributed by atoms with E-state index in [0.717, 1.165) is 73.8 Å². The van der Waals surface area contributed by atoms with E-state index in [1.54, 1.807) is 0 Å². The third-order valence-corrected chi connectivity index (χ3v) is 8.30. The number of anilines is 2. The quantitative estimate of drug-likeness (QED) is 0.619. The molecule has 3 fully saturated rings. The van der Waals surface area contributed by atoms with Gasteiger partial charge in [-0.3, -0.25) is 9.59 Å². The van der Waals surface area contributed by atoms with Crippen molar-refractivity contribution < 1.29 is 9.59 Å². The molecule has 0 bridgehead atoms. The van der Waals surface area contributed by atoms with Gasteiger partial charge in [-0.05, 0) is 62.1 Å². The fraction of sp³-hybridized carbons (Fsp3) is 0.517. The predicted molar refractivity (Wildman–Crippen MR) is 146 cm³/mol. The van der Waals surface area contributed by atoms with Crippen molar-refractivity contribution in [2.45, 2.75) is 51.0 Å². The number of nitrogens with zero attached hydrogens (tertiary/aromatic N) is 3. The van der Waals surface area contributed by atoms with E-state index in [-0.39, 0.29) is 23.8 Å². The second-order valence-corrected chi connectivity index (χ2v) is 10.8. The zero-order valence-electron chi connectivity index (χ0n) is 21.0. The second kappa shape index (κ2) is 11.5. The average Bonchev–Trinajstić information content (AvgIpc) is 2.94. The Morgan fingerprint density at radius 3 is 2.11 bits per heavy atom. The first kappa shape index (κ1) is 24.9. The summed E-state index contributed by atoms with van der Waals surface area (Å²) >= 11 is 6.03. The number of piperidine rings is 1. The zero-order chi connectivity index (χ0) is 24.9. The average molecular weight is 509 g/mol. The number of carbonyl (C=O) groups is 2. The van der Waals surface area contributed by atoms with Gasteiger partial charge in [0.25, 0.3) is 5.91 Å². The van der Waals surface area contributed by atoms with Crippen LogP contribution in [0.2, 0.25) is 5.02 Å². The number of carbonyl (C=O) groups excluding carboxylic acids is 2. The van der Waals surface area contributed by atoms with Crippen LogP contribution in [0.25, 0.3) is 0 Å². The van der Waals surface area contributed by atoms with E-state index >= 15 is 0 Å². The van der Waals surface area contributed by atoms with E-state index in [4.69, 9.17) is 11.6 Å². The summed E-state index contributed by atoms with van der Waals surface area (Å²) in [5.74, 6) is 0.561.